The highest BCUT2D eigenvalue weighted by Crippen LogP contribution is 2.38. The lowest BCUT2D eigenvalue weighted by Crippen LogP contribution is -2.42. The van der Waals surface area contributed by atoms with Gasteiger partial charge in [0.2, 0.25) is 5.82 Å². The number of likely N-dealkylation sites (N-methyl/N-ethyl adjacent to an activating group) is 1. The first kappa shape index (κ1) is 25.1. The standard InChI is InChI=1S/C26H30N6O5/c1-2-28-24(35)21-19(33)20(34)25(37-21)32-14-29-18-22(27)30-17(31-23(18)32)10-13-26(36)11-8-16(9-12-26)15-6-4-3-5-7-15/h3-7,14,16,19-21,25,33-34,36H,2,8-9,11-12H2,1H3,(H,28,35)(H2,27,30,31)/t16?,19-,20?,21+,25-,26?/m1/s1. The maximum absolute atomic E-state index is 12.2. The molecule has 3 heterocycles. The summed E-state index contributed by atoms with van der Waals surface area (Å²) in [4.78, 5) is 25.1. The molecule has 11 nitrogen and oxygen atoms in total. The van der Waals surface area contributed by atoms with Gasteiger partial charge < -0.3 is 31.1 Å². The summed E-state index contributed by atoms with van der Waals surface area (Å²) in [5.74, 6) is 5.80. The number of ether oxygens (including phenoxy) is 1. The minimum Gasteiger partial charge on any atom is -0.387 e. The Bertz CT molecular complexity index is 1340. The van der Waals surface area contributed by atoms with Crippen LogP contribution in [-0.2, 0) is 9.53 Å². The molecule has 6 N–H and O–H groups in total. The first-order valence-corrected chi connectivity index (χ1v) is 12.4. The molecular formula is C26H30N6O5. The van der Waals surface area contributed by atoms with E-state index in [1.165, 1.54) is 16.5 Å². The molecule has 1 amide bonds. The third kappa shape index (κ3) is 4.89. The molecular weight excluding hydrogens is 476 g/mol. The number of carbonyl (C=O) groups is 1. The van der Waals surface area contributed by atoms with E-state index < -0.39 is 36.0 Å². The van der Waals surface area contributed by atoms with E-state index in [2.05, 4.69) is 44.2 Å². The zero-order chi connectivity index (χ0) is 26.2. The van der Waals surface area contributed by atoms with Crippen molar-refractivity contribution in [2.45, 2.75) is 68.7 Å². The molecule has 1 saturated heterocycles. The Balaban J connectivity index is 1.37. The van der Waals surface area contributed by atoms with Crippen LogP contribution in [0.25, 0.3) is 11.2 Å². The van der Waals surface area contributed by atoms with Crippen LogP contribution >= 0.6 is 0 Å². The minimum absolute atomic E-state index is 0.0705. The van der Waals surface area contributed by atoms with Crippen LogP contribution in [0.15, 0.2) is 36.7 Å². The van der Waals surface area contributed by atoms with Gasteiger partial charge in [-0.3, -0.25) is 9.36 Å². The molecule has 194 valence electrons. The summed E-state index contributed by atoms with van der Waals surface area (Å²) in [7, 11) is 0. The van der Waals surface area contributed by atoms with E-state index in [1.54, 1.807) is 6.92 Å². The van der Waals surface area contributed by atoms with E-state index in [0.717, 1.165) is 12.8 Å². The molecule has 5 rings (SSSR count). The van der Waals surface area contributed by atoms with Crippen LogP contribution in [0.4, 0.5) is 5.82 Å². The quantitative estimate of drug-likeness (QED) is 0.318. The Morgan fingerprint density at radius 1 is 1.22 bits per heavy atom. The smallest absolute Gasteiger partial charge is 0.252 e. The third-order valence-corrected chi connectivity index (χ3v) is 7.06. The van der Waals surface area contributed by atoms with Crippen molar-refractivity contribution in [1.82, 2.24) is 24.8 Å². The number of nitrogens with zero attached hydrogens (tertiary/aromatic N) is 4. The van der Waals surface area contributed by atoms with E-state index in [1.807, 2.05) is 18.2 Å². The maximum Gasteiger partial charge on any atom is 0.252 e. The Kier molecular flexibility index (Phi) is 6.83. The fourth-order valence-corrected chi connectivity index (χ4v) is 5.01. The number of nitrogens with one attached hydrogen (secondary N) is 1. The van der Waals surface area contributed by atoms with Gasteiger partial charge in [0.15, 0.2) is 23.8 Å². The predicted molar refractivity (Wildman–Crippen MR) is 134 cm³/mol. The molecule has 1 aromatic carbocycles. The van der Waals surface area contributed by atoms with Gasteiger partial charge in [-0.05, 0) is 50.0 Å². The molecule has 11 heteroatoms. The van der Waals surface area contributed by atoms with Gasteiger partial charge in [0.1, 0.15) is 23.3 Å². The Morgan fingerprint density at radius 2 is 1.95 bits per heavy atom. The van der Waals surface area contributed by atoms with Crippen molar-refractivity contribution in [2.24, 2.45) is 0 Å². The van der Waals surface area contributed by atoms with Gasteiger partial charge in [-0.2, -0.15) is 0 Å². The number of hydrogen-bond acceptors (Lipinski definition) is 9. The van der Waals surface area contributed by atoms with Gasteiger partial charge in [0.05, 0.1) is 6.33 Å². The van der Waals surface area contributed by atoms with Crippen LogP contribution in [0.3, 0.4) is 0 Å². The van der Waals surface area contributed by atoms with Gasteiger partial charge in [-0.1, -0.05) is 36.3 Å². The summed E-state index contributed by atoms with van der Waals surface area (Å²) in [6.07, 6.45) is -1.19. The van der Waals surface area contributed by atoms with Crippen LogP contribution < -0.4 is 11.1 Å². The summed E-state index contributed by atoms with van der Waals surface area (Å²) in [5.41, 5.74) is 6.69. The SMILES string of the molecule is CCNC(=O)[C@H]1O[C@@H](n2cnc3c(N)nc(C#CC4(O)CCC(c5ccccc5)CC4)nc32)C(O)[C@H]1O. The van der Waals surface area contributed by atoms with E-state index in [9.17, 15) is 20.1 Å². The highest BCUT2D eigenvalue weighted by Gasteiger charge is 2.47. The second-order valence-corrected chi connectivity index (χ2v) is 9.55. The van der Waals surface area contributed by atoms with Crippen LogP contribution in [-0.4, -0.2) is 71.2 Å². The average molecular weight is 507 g/mol. The van der Waals surface area contributed by atoms with Crippen molar-refractivity contribution in [3.8, 4) is 11.8 Å². The number of anilines is 1. The van der Waals surface area contributed by atoms with Gasteiger partial charge in [0, 0.05) is 6.54 Å². The predicted octanol–water partition coefficient (Wildman–Crippen LogP) is 0.604. The molecule has 1 unspecified atom stereocenters. The van der Waals surface area contributed by atoms with Gasteiger partial charge in [-0.25, -0.2) is 15.0 Å². The average Bonchev–Trinajstić information content (AvgIpc) is 3.45. The second kappa shape index (κ2) is 10.1. The van der Waals surface area contributed by atoms with E-state index in [-0.39, 0.29) is 22.8 Å². The number of hydrogen-bond donors (Lipinski definition) is 5. The Morgan fingerprint density at radius 3 is 2.65 bits per heavy atom. The molecule has 4 atom stereocenters. The minimum atomic E-state index is -1.44. The normalized spacial score (nSPS) is 29.6. The second-order valence-electron chi connectivity index (χ2n) is 9.55. The number of amides is 1. The number of imidazole rings is 1. The Labute approximate surface area is 213 Å². The van der Waals surface area contributed by atoms with Crippen molar-refractivity contribution in [2.75, 3.05) is 12.3 Å². The van der Waals surface area contributed by atoms with Gasteiger partial charge in [0.25, 0.3) is 5.91 Å². The molecule has 2 fully saturated rings. The number of nitrogens with two attached hydrogens (primary N) is 1. The van der Waals surface area contributed by atoms with Crippen molar-refractivity contribution in [3.63, 3.8) is 0 Å². The molecule has 0 bridgehead atoms. The topological polar surface area (TPSA) is 169 Å². The van der Waals surface area contributed by atoms with Crippen molar-refractivity contribution in [3.05, 3.63) is 48.0 Å². The van der Waals surface area contributed by atoms with E-state index in [4.69, 9.17) is 10.5 Å². The summed E-state index contributed by atoms with van der Waals surface area (Å²) >= 11 is 0. The summed E-state index contributed by atoms with van der Waals surface area (Å²) in [6, 6.07) is 10.3. The number of fused-ring (bicyclic) bond motifs is 1. The van der Waals surface area contributed by atoms with Crippen molar-refractivity contribution < 1.29 is 24.9 Å². The van der Waals surface area contributed by atoms with Gasteiger partial charge in [-0.15, -0.1) is 0 Å². The van der Waals surface area contributed by atoms with Crippen molar-refractivity contribution >= 4 is 22.9 Å². The molecule has 1 aliphatic heterocycles. The van der Waals surface area contributed by atoms with Crippen LogP contribution in [0.5, 0.6) is 0 Å². The third-order valence-electron chi connectivity index (χ3n) is 7.06. The van der Waals surface area contributed by atoms with Crippen molar-refractivity contribution in [1.29, 1.82) is 0 Å². The summed E-state index contributed by atoms with van der Waals surface area (Å²) in [5, 5.41) is 34.6. The van der Waals surface area contributed by atoms with E-state index >= 15 is 0 Å². The molecule has 2 aliphatic rings. The van der Waals surface area contributed by atoms with Crippen LogP contribution in [0, 0.1) is 11.8 Å². The van der Waals surface area contributed by atoms with Gasteiger partial charge >= 0.3 is 0 Å². The largest absolute Gasteiger partial charge is 0.387 e. The molecule has 37 heavy (non-hydrogen) atoms. The molecule has 0 spiro atoms. The summed E-state index contributed by atoms with van der Waals surface area (Å²) in [6.45, 7) is 2.09. The van der Waals surface area contributed by atoms with Crippen LogP contribution in [0.1, 0.15) is 56.1 Å². The number of carbonyl (C=O) groups excluding carboxylic acids is 1. The molecule has 1 aliphatic carbocycles. The first-order chi connectivity index (χ1) is 17.8. The molecule has 3 aromatic rings. The zero-order valence-corrected chi connectivity index (χ0v) is 20.4. The summed E-state index contributed by atoms with van der Waals surface area (Å²) < 4.78 is 7.08. The zero-order valence-electron chi connectivity index (χ0n) is 20.4. The monoisotopic (exact) mass is 506 g/mol. The fourth-order valence-electron chi connectivity index (χ4n) is 5.01. The fraction of sp³-hybridized carbons (Fsp3) is 0.462. The maximum atomic E-state index is 12.2. The number of benzene rings is 1. The number of nitrogen functional groups attached to an aromatic ring is 1. The highest BCUT2D eigenvalue weighted by molar-refractivity contribution is 5.83. The van der Waals surface area contributed by atoms with E-state index in [0.29, 0.717) is 25.3 Å². The number of rotatable bonds is 4. The number of aliphatic hydroxyl groups is 3. The van der Waals surface area contributed by atoms with Crippen LogP contribution in [0.2, 0.25) is 0 Å². The molecule has 1 saturated carbocycles. The molecule has 0 radical (unpaired) electrons. The number of aliphatic hydroxyl groups excluding tert-OH is 2. The lowest BCUT2D eigenvalue weighted by atomic mass is 9.76. The Hall–Kier alpha value is -3.56. The number of aromatic nitrogens is 4. The molecule has 2 aromatic heterocycles. The lowest BCUT2D eigenvalue weighted by molar-refractivity contribution is -0.137. The first-order valence-electron chi connectivity index (χ1n) is 12.4. The highest BCUT2D eigenvalue weighted by atomic mass is 16.6. The lowest BCUT2D eigenvalue weighted by Gasteiger charge is -2.32.